The molecule has 2 amide bonds. The fourth-order valence-corrected chi connectivity index (χ4v) is 4.89. The van der Waals surface area contributed by atoms with E-state index in [1.54, 1.807) is 54.6 Å². The van der Waals surface area contributed by atoms with Crippen LogP contribution in [0.1, 0.15) is 28.4 Å². The highest BCUT2D eigenvalue weighted by Crippen LogP contribution is 2.27. The lowest BCUT2D eigenvalue weighted by atomic mass is 10.0. The molecule has 9 heteroatoms. The Morgan fingerprint density at radius 2 is 1.43 bits per heavy atom. The Balaban J connectivity index is 1.52. The van der Waals surface area contributed by atoms with Crippen LogP contribution in [0.3, 0.4) is 0 Å². The SMILES string of the molecule is NS(=O)(=O)c1ccccc1-c1ccc(C(=O)NC(CC(=O)Nc2ccc(Br)cc2)c2ccccc2)cc1. The number of halogens is 1. The highest BCUT2D eigenvalue weighted by atomic mass is 79.9. The molecular weight excluding hydrogens is 554 g/mol. The third-order valence-electron chi connectivity index (χ3n) is 5.68. The summed E-state index contributed by atoms with van der Waals surface area (Å²) in [6.45, 7) is 0. The van der Waals surface area contributed by atoms with Gasteiger partial charge in [-0.25, -0.2) is 13.6 Å². The molecule has 0 bridgehead atoms. The van der Waals surface area contributed by atoms with Crippen LogP contribution in [-0.2, 0) is 14.8 Å². The Bertz CT molecular complexity index is 1510. The van der Waals surface area contributed by atoms with Gasteiger partial charge in [-0.05, 0) is 53.6 Å². The first-order chi connectivity index (χ1) is 17.7. The maximum Gasteiger partial charge on any atom is 0.251 e. The minimum Gasteiger partial charge on any atom is -0.345 e. The molecule has 4 rings (SSSR count). The van der Waals surface area contributed by atoms with E-state index >= 15 is 0 Å². The molecule has 37 heavy (non-hydrogen) atoms. The van der Waals surface area contributed by atoms with Gasteiger partial charge in [0.05, 0.1) is 17.4 Å². The van der Waals surface area contributed by atoms with E-state index in [-0.39, 0.29) is 23.1 Å². The summed E-state index contributed by atoms with van der Waals surface area (Å²) in [6.07, 6.45) is 0.0334. The highest BCUT2D eigenvalue weighted by molar-refractivity contribution is 9.10. The van der Waals surface area contributed by atoms with Crippen molar-refractivity contribution in [3.05, 3.63) is 119 Å². The largest absolute Gasteiger partial charge is 0.345 e. The average Bonchev–Trinajstić information content (AvgIpc) is 2.90. The first-order valence-electron chi connectivity index (χ1n) is 11.3. The summed E-state index contributed by atoms with van der Waals surface area (Å²) in [5, 5.41) is 11.2. The molecule has 0 fully saturated rings. The minimum atomic E-state index is -3.91. The Morgan fingerprint density at radius 1 is 0.811 bits per heavy atom. The molecule has 0 aliphatic heterocycles. The third-order valence-corrected chi connectivity index (χ3v) is 7.17. The van der Waals surface area contributed by atoms with Gasteiger partial charge < -0.3 is 10.6 Å². The van der Waals surface area contributed by atoms with Crippen LogP contribution in [0.15, 0.2) is 112 Å². The van der Waals surface area contributed by atoms with Crippen molar-refractivity contribution in [1.82, 2.24) is 5.32 Å². The fourth-order valence-electron chi connectivity index (χ4n) is 3.86. The standard InChI is InChI=1S/C28H24BrN3O4S/c29-22-14-16-23(17-15-22)31-27(33)18-25(20-6-2-1-3-7-20)32-28(34)21-12-10-19(11-13-21)24-8-4-5-9-26(24)37(30,35)36/h1-17,25H,18H2,(H,31,33)(H,32,34)(H2,30,35,36). The average molecular weight is 578 g/mol. The van der Waals surface area contributed by atoms with Crippen LogP contribution < -0.4 is 15.8 Å². The molecule has 0 saturated carbocycles. The molecule has 1 atom stereocenters. The molecule has 0 heterocycles. The summed E-state index contributed by atoms with van der Waals surface area (Å²) >= 11 is 3.37. The molecule has 4 N–H and O–H groups in total. The summed E-state index contributed by atoms with van der Waals surface area (Å²) in [4.78, 5) is 25.9. The van der Waals surface area contributed by atoms with Crippen LogP contribution in [0, 0.1) is 0 Å². The minimum absolute atomic E-state index is 0.00753. The van der Waals surface area contributed by atoms with Crippen molar-refractivity contribution in [3.63, 3.8) is 0 Å². The molecule has 1 unspecified atom stereocenters. The lowest BCUT2D eigenvalue weighted by molar-refractivity contribution is -0.116. The lowest BCUT2D eigenvalue weighted by Gasteiger charge is -2.19. The number of sulfonamides is 1. The smallest absolute Gasteiger partial charge is 0.251 e. The third kappa shape index (κ3) is 6.91. The van der Waals surface area contributed by atoms with E-state index in [0.29, 0.717) is 22.4 Å². The van der Waals surface area contributed by atoms with Gasteiger partial charge in [-0.3, -0.25) is 9.59 Å². The van der Waals surface area contributed by atoms with Crippen molar-refractivity contribution in [3.8, 4) is 11.1 Å². The maximum absolute atomic E-state index is 13.1. The monoisotopic (exact) mass is 577 g/mol. The molecule has 0 saturated heterocycles. The van der Waals surface area contributed by atoms with Gasteiger partial charge in [0, 0.05) is 21.3 Å². The summed E-state index contributed by atoms with van der Waals surface area (Å²) in [7, 11) is -3.91. The second-order valence-electron chi connectivity index (χ2n) is 8.31. The summed E-state index contributed by atoms with van der Waals surface area (Å²) in [5.74, 6) is -0.608. The van der Waals surface area contributed by atoms with E-state index in [0.717, 1.165) is 10.0 Å². The number of amides is 2. The second-order valence-corrected chi connectivity index (χ2v) is 10.8. The number of nitrogens with one attached hydrogen (secondary N) is 2. The van der Waals surface area contributed by atoms with Gasteiger partial charge in [0.25, 0.3) is 5.91 Å². The molecule has 0 aliphatic carbocycles. The molecule has 188 valence electrons. The summed E-state index contributed by atoms with van der Waals surface area (Å²) in [5.41, 5.74) is 2.87. The predicted octanol–water partition coefficient (Wildman–Crippen LogP) is 5.26. The zero-order valence-corrected chi connectivity index (χ0v) is 22.0. The van der Waals surface area contributed by atoms with Crippen molar-refractivity contribution in [2.75, 3.05) is 5.32 Å². The van der Waals surface area contributed by atoms with Crippen molar-refractivity contribution in [1.29, 1.82) is 0 Å². The van der Waals surface area contributed by atoms with Crippen molar-refractivity contribution >= 4 is 43.5 Å². The summed E-state index contributed by atoms with van der Waals surface area (Å²) in [6, 6.07) is 28.9. The fraction of sp³-hybridized carbons (Fsp3) is 0.0714. The number of carbonyl (C=O) groups is 2. The van der Waals surface area contributed by atoms with Gasteiger partial charge in [0.1, 0.15) is 0 Å². The molecule has 4 aromatic rings. The number of carbonyl (C=O) groups excluding carboxylic acids is 2. The number of rotatable bonds is 8. The first kappa shape index (κ1) is 26.3. The number of benzene rings is 4. The van der Waals surface area contributed by atoms with Crippen LogP contribution in [0.4, 0.5) is 5.69 Å². The van der Waals surface area contributed by atoms with Crippen LogP contribution in [0.25, 0.3) is 11.1 Å². The normalized spacial score (nSPS) is 11.9. The van der Waals surface area contributed by atoms with Gasteiger partial charge in [0.2, 0.25) is 15.9 Å². The Hall–Kier alpha value is -3.79. The molecule has 0 aliphatic rings. The number of primary sulfonamides is 1. The number of nitrogens with two attached hydrogens (primary N) is 1. The topological polar surface area (TPSA) is 118 Å². The summed E-state index contributed by atoms with van der Waals surface area (Å²) < 4.78 is 24.8. The second kappa shape index (κ2) is 11.5. The lowest BCUT2D eigenvalue weighted by Crippen LogP contribution is -2.31. The van der Waals surface area contributed by atoms with Crippen molar-refractivity contribution in [2.24, 2.45) is 5.14 Å². The molecule has 4 aromatic carbocycles. The zero-order valence-electron chi connectivity index (χ0n) is 19.6. The van der Waals surface area contributed by atoms with Gasteiger partial charge in [-0.1, -0.05) is 76.6 Å². The van der Waals surface area contributed by atoms with Gasteiger partial charge in [-0.15, -0.1) is 0 Å². The Morgan fingerprint density at radius 3 is 2.08 bits per heavy atom. The molecule has 0 spiro atoms. The van der Waals surface area contributed by atoms with Gasteiger partial charge >= 0.3 is 0 Å². The van der Waals surface area contributed by atoms with E-state index in [1.165, 1.54) is 6.07 Å². The molecule has 0 aromatic heterocycles. The van der Waals surface area contributed by atoms with E-state index in [4.69, 9.17) is 5.14 Å². The molecular formula is C28H24BrN3O4S. The number of hydrogen-bond acceptors (Lipinski definition) is 4. The Kier molecular flexibility index (Phi) is 8.17. The van der Waals surface area contributed by atoms with E-state index < -0.39 is 16.1 Å². The van der Waals surface area contributed by atoms with Crippen molar-refractivity contribution < 1.29 is 18.0 Å². The van der Waals surface area contributed by atoms with Crippen LogP contribution in [-0.4, -0.2) is 20.2 Å². The number of anilines is 1. The van der Waals surface area contributed by atoms with Gasteiger partial charge in [-0.2, -0.15) is 0 Å². The predicted molar refractivity (Wildman–Crippen MR) is 147 cm³/mol. The van der Waals surface area contributed by atoms with Crippen molar-refractivity contribution in [2.45, 2.75) is 17.4 Å². The van der Waals surface area contributed by atoms with E-state index in [9.17, 15) is 18.0 Å². The maximum atomic E-state index is 13.1. The van der Waals surface area contributed by atoms with Crippen LogP contribution in [0.5, 0.6) is 0 Å². The van der Waals surface area contributed by atoms with E-state index in [1.807, 2.05) is 42.5 Å². The molecule has 0 radical (unpaired) electrons. The Labute approximate surface area is 223 Å². The van der Waals surface area contributed by atoms with Gasteiger partial charge in [0.15, 0.2) is 0 Å². The number of hydrogen-bond donors (Lipinski definition) is 3. The molecule has 7 nitrogen and oxygen atoms in total. The zero-order chi connectivity index (χ0) is 26.4. The van der Waals surface area contributed by atoms with Crippen LogP contribution >= 0.6 is 15.9 Å². The highest BCUT2D eigenvalue weighted by Gasteiger charge is 2.20. The quantitative estimate of drug-likeness (QED) is 0.264. The first-order valence-corrected chi connectivity index (χ1v) is 13.7. The van der Waals surface area contributed by atoms with E-state index in [2.05, 4.69) is 26.6 Å². The van der Waals surface area contributed by atoms with Crippen LogP contribution in [0.2, 0.25) is 0 Å².